The summed E-state index contributed by atoms with van der Waals surface area (Å²) < 4.78 is 0. The van der Waals surface area contributed by atoms with E-state index in [9.17, 15) is 9.59 Å². The van der Waals surface area contributed by atoms with Crippen LogP contribution in [0.25, 0.3) is 0 Å². The molecule has 158 valence electrons. The molecule has 0 spiro atoms. The van der Waals surface area contributed by atoms with Crippen molar-refractivity contribution in [2.24, 2.45) is 0 Å². The predicted octanol–water partition coefficient (Wildman–Crippen LogP) is 5.39. The Balaban J connectivity index is 1.43. The first-order chi connectivity index (χ1) is 15.0. The Kier molecular flexibility index (Phi) is 6.03. The zero-order valence-electron chi connectivity index (χ0n) is 18.0. The summed E-state index contributed by atoms with van der Waals surface area (Å²) in [6.07, 6.45) is 0.920. The molecule has 0 saturated carbocycles. The van der Waals surface area contributed by atoms with Gasteiger partial charge in [0.05, 0.1) is 0 Å². The van der Waals surface area contributed by atoms with Gasteiger partial charge < -0.3 is 10.2 Å². The van der Waals surface area contributed by atoms with Gasteiger partial charge in [0.2, 0.25) is 0 Å². The molecule has 3 amide bonds. The SMILES string of the molecule is Cc1cc(C)cc(CN2CCCN(c3ccc(NC(=O)c4ccccc4)cc3)C2=O)c1. The van der Waals surface area contributed by atoms with Gasteiger partial charge in [-0.05, 0) is 62.2 Å². The maximum Gasteiger partial charge on any atom is 0.324 e. The van der Waals surface area contributed by atoms with Gasteiger partial charge in [-0.1, -0.05) is 47.5 Å². The topological polar surface area (TPSA) is 52.6 Å². The predicted molar refractivity (Wildman–Crippen MR) is 125 cm³/mol. The van der Waals surface area contributed by atoms with E-state index in [4.69, 9.17) is 0 Å². The number of benzene rings is 3. The van der Waals surface area contributed by atoms with Crippen LogP contribution in [0, 0.1) is 13.8 Å². The van der Waals surface area contributed by atoms with E-state index in [-0.39, 0.29) is 11.9 Å². The number of aryl methyl sites for hydroxylation is 2. The number of nitrogens with zero attached hydrogens (tertiary/aromatic N) is 2. The molecule has 1 aliphatic heterocycles. The van der Waals surface area contributed by atoms with E-state index in [0.29, 0.717) is 24.3 Å². The van der Waals surface area contributed by atoms with E-state index in [0.717, 1.165) is 24.2 Å². The first-order valence-corrected chi connectivity index (χ1v) is 10.6. The normalized spacial score (nSPS) is 13.9. The minimum Gasteiger partial charge on any atom is -0.322 e. The molecular weight excluding hydrogens is 386 g/mol. The van der Waals surface area contributed by atoms with Crippen LogP contribution in [0.1, 0.15) is 33.5 Å². The van der Waals surface area contributed by atoms with Crippen molar-refractivity contribution in [3.63, 3.8) is 0 Å². The lowest BCUT2D eigenvalue weighted by atomic mass is 10.1. The Labute approximate surface area is 183 Å². The summed E-state index contributed by atoms with van der Waals surface area (Å²) in [6, 6.07) is 23.0. The largest absolute Gasteiger partial charge is 0.324 e. The van der Waals surface area contributed by atoms with E-state index in [1.54, 1.807) is 12.1 Å². The number of hydrogen-bond acceptors (Lipinski definition) is 2. The van der Waals surface area contributed by atoms with Crippen LogP contribution in [0.4, 0.5) is 16.2 Å². The van der Waals surface area contributed by atoms with Gasteiger partial charge in [0.1, 0.15) is 0 Å². The van der Waals surface area contributed by atoms with Gasteiger partial charge >= 0.3 is 6.03 Å². The molecule has 0 aliphatic carbocycles. The van der Waals surface area contributed by atoms with E-state index in [2.05, 4.69) is 37.4 Å². The molecule has 0 bridgehead atoms. The summed E-state index contributed by atoms with van der Waals surface area (Å²) in [7, 11) is 0. The number of carbonyl (C=O) groups is 2. The van der Waals surface area contributed by atoms with E-state index >= 15 is 0 Å². The Hall–Kier alpha value is -3.60. The zero-order chi connectivity index (χ0) is 21.8. The molecule has 3 aromatic rings. The van der Waals surface area contributed by atoms with Crippen molar-refractivity contribution >= 4 is 23.3 Å². The molecule has 0 unspecified atom stereocenters. The van der Waals surface area contributed by atoms with E-state index in [1.165, 1.54) is 11.1 Å². The van der Waals surface area contributed by atoms with Gasteiger partial charge in [0, 0.05) is 36.6 Å². The Morgan fingerprint density at radius 1 is 0.903 bits per heavy atom. The monoisotopic (exact) mass is 413 g/mol. The van der Waals surface area contributed by atoms with Crippen LogP contribution < -0.4 is 10.2 Å². The summed E-state index contributed by atoms with van der Waals surface area (Å²) in [5, 5.41) is 2.90. The fourth-order valence-corrected chi connectivity index (χ4v) is 4.07. The van der Waals surface area contributed by atoms with Gasteiger partial charge in [-0.3, -0.25) is 9.69 Å². The second-order valence-electron chi connectivity index (χ2n) is 8.07. The molecule has 1 saturated heterocycles. The summed E-state index contributed by atoms with van der Waals surface area (Å²) >= 11 is 0. The number of amides is 3. The average molecular weight is 414 g/mol. The number of nitrogens with one attached hydrogen (secondary N) is 1. The van der Waals surface area contributed by atoms with E-state index < -0.39 is 0 Å². The maximum atomic E-state index is 13.1. The van der Waals surface area contributed by atoms with Crippen molar-refractivity contribution in [3.8, 4) is 0 Å². The molecule has 0 atom stereocenters. The highest BCUT2D eigenvalue weighted by molar-refractivity contribution is 6.04. The molecule has 0 radical (unpaired) electrons. The van der Waals surface area contributed by atoms with Crippen molar-refractivity contribution in [1.82, 2.24) is 4.90 Å². The fourth-order valence-electron chi connectivity index (χ4n) is 4.07. The first kappa shape index (κ1) is 20.7. The first-order valence-electron chi connectivity index (χ1n) is 10.6. The quantitative estimate of drug-likeness (QED) is 0.610. The highest BCUT2D eigenvalue weighted by Gasteiger charge is 2.26. The number of anilines is 2. The Morgan fingerprint density at radius 3 is 2.26 bits per heavy atom. The van der Waals surface area contributed by atoms with Crippen molar-refractivity contribution in [2.45, 2.75) is 26.8 Å². The molecule has 3 aromatic carbocycles. The fraction of sp³-hybridized carbons (Fsp3) is 0.231. The molecule has 1 aliphatic rings. The standard InChI is InChI=1S/C26H27N3O2/c1-19-15-20(2)17-21(16-19)18-28-13-6-14-29(26(28)31)24-11-9-23(10-12-24)27-25(30)22-7-4-3-5-8-22/h3-5,7-12,15-17H,6,13-14,18H2,1-2H3,(H,27,30). The summed E-state index contributed by atoms with van der Waals surface area (Å²) in [4.78, 5) is 29.2. The number of rotatable bonds is 5. The van der Waals surface area contributed by atoms with Crippen LogP contribution in [0.3, 0.4) is 0 Å². The third-order valence-corrected chi connectivity index (χ3v) is 5.44. The number of carbonyl (C=O) groups excluding carboxylic acids is 2. The summed E-state index contributed by atoms with van der Waals surface area (Å²) in [5.74, 6) is -0.151. The highest BCUT2D eigenvalue weighted by atomic mass is 16.2. The molecule has 31 heavy (non-hydrogen) atoms. The van der Waals surface area contributed by atoms with Gasteiger partial charge in [0.25, 0.3) is 5.91 Å². The number of urea groups is 1. The highest BCUT2D eigenvalue weighted by Crippen LogP contribution is 2.24. The molecule has 4 rings (SSSR count). The van der Waals surface area contributed by atoms with Crippen molar-refractivity contribution < 1.29 is 9.59 Å². The van der Waals surface area contributed by atoms with Crippen LogP contribution >= 0.6 is 0 Å². The van der Waals surface area contributed by atoms with Gasteiger partial charge in [-0.25, -0.2) is 4.79 Å². The third-order valence-electron chi connectivity index (χ3n) is 5.44. The van der Waals surface area contributed by atoms with Gasteiger partial charge in [-0.15, -0.1) is 0 Å². The van der Waals surface area contributed by atoms with Crippen molar-refractivity contribution in [3.05, 3.63) is 95.1 Å². The minimum atomic E-state index is -0.151. The van der Waals surface area contributed by atoms with Crippen LogP contribution in [-0.2, 0) is 6.54 Å². The van der Waals surface area contributed by atoms with Gasteiger partial charge in [0.15, 0.2) is 0 Å². The zero-order valence-corrected chi connectivity index (χ0v) is 18.0. The number of hydrogen-bond donors (Lipinski definition) is 1. The lowest BCUT2D eigenvalue weighted by Crippen LogP contribution is -2.49. The lowest BCUT2D eigenvalue weighted by Gasteiger charge is -2.36. The molecule has 1 N–H and O–H groups in total. The molecule has 5 heteroatoms. The van der Waals surface area contributed by atoms with Crippen LogP contribution in [0.5, 0.6) is 0 Å². The summed E-state index contributed by atoms with van der Waals surface area (Å²) in [6.45, 7) is 6.23. The smallest absolute Gasteiger partial charge is 0.322 e. The second-order valence-corrected chi connectivity index (χ2v) is 8.07. The van der Waals surface area contributed by atoms with Crippen LogP contribution in [-0.4, -0.2) is 29.9 Å². The second kappa shape index (κ2) is 9.04. The van der Waals surface area contributed by atoms with E-state index in [1.807, 2.05) is 52.3 Å². The van der Waals surface area contributed by atoms with Crippen molar-refractivity contribution in [2.75, 3.05) is 23.3 Å². The molecular formula is C26H27N3O2. The van der Waals surface area contributed by atoms with Crippen molar-refractivity contribution in [1.29, 1.82) is 0 Å². The minimum absolute atomic E-state index is 0.0199. The van der Waals surface area contributed by atoms with Crippen LogP contribution in [0.2, 0.25) is 0 Å². The molecule has 1 heterocycles. The summed E-state index contributed by atoms with van der Waals surface area (Å²) in [5.41, 5.74) is 5.74. The Morgan fingerprint density at radius 2 is 1.58 bits per heavy atom. The maximum absolute atomic E-state index is 13.1. The lowest BCUT2D eigenvalue weighted by molar-refractivity contribution is 0.102. The third kappa shape index (κ3) is 4.94. The molecule has 0 aromatic heterocycles. The van der Waals surface area contributed by atoms with Gasteiger partial charge in [-0.2, -0.15) is 0 Å². The molecule has 1 fully saturated rings. The average Bonchev–Trinajstić information content (AvgIpc) is 2.76. The molecule has 5 nitrogen and oxygen atoms in total. The Bertz CT molecular complexity index is 1060. The van der Waals surface area contributed by atoms with Crippen LogP contribution in [0.15, 0.2) is 72.8 Å².